The van der Waals surface area contributed by atoms with Crippen molar-refractivity contribution in [2.75, 3.05) is 54.9 Å². The first kappa shape index (κ1) is 40.0. The molecule has 2 saturated heterocycles. The van der Waals surface area contributed by atoms with Crippen LogP contribution in [0.5, 0.6) is 34.5 Å². The molecule has 292 valence electrons. The lowest BCUT2D eigenvalue weighted by Crippen LogP contribution is -2.65. The molecule has 1 aliphatic carbocycles. The predicted molar refractivity (Wildman–Crippen MR) is 174 cm³/mol. The van der Waals surface area contributed by atoms with E-state index in [-0.39, 0.29) is 54.1 Å². The van der Waals surface area contributed by atoms with Crippen molar-refractivity contribution >= 4 is 0 Å². The van der Waals surface area contributed by atoms with Crippen molar-refractivity contribution in [3.05, 3.63) is 34.9 Å². The number of methoxy groups -OCH3 is 4. The SMILES string of the molecule is COc1cc([C@H]2c3c(cc(OC)c(O)c3OC)C[C@@H](CO)[C@@H]2CO[C@@H]2O[C@H](CO)[C@@H](O)[C@H](O[C@@H]3O[C@H](CO)[C@@H](O)[C@H](O)[C@H]3O)[C@H]2O)cc(OC)c1O. The van der Waals surface area contributed by atoms with Crippen molar-refractivity contribution in [3.8, 4) is 34.5 Å². The van der Waals surface area contributed by atoms with Gasteiger partial charge in [0.2, 0.25) is 11.5 Å². The van der Waals surface area contributed by atoms with E-state index in [9.17, 15) is 51.1 Å². The minimum atomic E-state index is -1.86. The molecule has 2 heterocycles. The Morgan fingerprint density at radius 1 is 0.654 bits per heavy atom. The fraction of sp³-hybridized carbons (Fsp3) is 0.647. The average Bonchev–Trinajstić information content (AvgIpc) is 3.15. The minimum Gasteiger partial charge on any atom is -0.502 e. The van der Waals surface area contributed by atoms with E-state index in [1.165, 1.54) is 28.4 Å². The lowest BCUT2D eigenvalue weighted by atomic mass is 9.66. The second kappa shape index (κ2) is 16.8. The van der Waals surface area contributed by atoms with E-state index in [2.05, 4.69) is 0 Å². The standard InChI is InChI=1S/C34H48O18/c1-45-17-7-14(8-18(46-2)24(17)38)22-16(15(9-35)5-13-6-19(47-3)26(40)31(48-4)23(13)22)12-49-33-30(44)32(27(41)21(11-37)50-33)52-34-29(43)28(42)25(39)20(10-36)51-34/h6-8,15-16,20-22,25,27-30,32-44H,5,9-12H2,1-4H3/t15-,16-,20+,21+,22+,25+,27+,28-,29+,30+,32-,33+,34-/m0/s1. The number of hydrogen-bond donors (Lipinski definition) is 10. The van der Waals surface area contributed by atoms with E-state index in [4.69, 9.17) is 37.9 Å². The van der Waals surface area contributed by atoms with Crippen LogP contribution in [-0.2, 0) is 25.4 Å². The summed E-state index contributed by atoms with van der Waals surface area (Å²) in [6.45, 7) is -2.12. The van der Waals surface area contributed by atoms with Gasteiger partial charge in [0.15, 0.2) is 35.6 Å². The third-order valence-corrected chi connectivity index (χ3v) is 10.1. The van der Waals surface area contributed by atoms with Crippen LogP contribution >= 0.6 is 0 Å². The van der Waals surface area contributed by atoms with Crippen molar-refractivity contribution in [2.45, 2.75) is 73.8 Å². The fourth-order valence-electron chi connectivity index (χ4n) is 7.31. The summed E-state index contributed by atoms with van der Waals surface area (Å²) in [4.78, 5) is 0. The molecular weight excluding hydrogens is 696 g/mol. The molecule has 5 rings (SSSR count). The molecular formula is C34H48O18. The molecule has 0 unspecified atom stereocenters. The summed E-state index contributed by atoms with van der Waals surface area (Å²) in [7, 11) is 5.48. The lowest BCUT2D eigenvalue weighted by molar-refractivity contribution is -0.361. The Labute approximate surface area is 298 Å². The first-order valence-corrected chi connectivity index (χ1v) is 16.6. The van der Waals surface area contributed by atoms with Crippen molar-refractivity contribution in [3.63, 3.8) is 0 Å². The molecule has 3 aliphatic rings. The molecule has 2 fully saturated rings. The molecule has 2 aliphatic heterocycles. The number of phenols is 2. The molecule has 0 aromatic heterocycles. The number of phenolic OH excluding ortho intramolecular Hbond substituents is 2. The average molecular weight is 745 g/mol. The molecule has 2 aromatic carbocycles. The Hall–Kier alpha value is -3.24. The van der Waals surface area contributed by atoms with Crippen molar-refractivity contribution < 1.29 is 89.0 Å². The molecule has 18 heteroatoms. The van der Waals surface area contributed by atoms with Gasteiger partial charge in [0.05, 0.1) is 48.3 Å². The minimum absolute atomic E-state index is 0.0670. The summed E-state index contributed by atoms with van der Waals surface area (Å²) in [5.74, 6) is -2.18. The molecule has 52 heavy (non-hydrogen) atoms. The van der Waals surface area contributed by atoms with Gasteiger partial charge in [-0.3, -0.25) is 0 Å². The summed E-state index contributed by atoms with van der Waals surface area (Å²) in [6.07, 6.45) is -16.3. The van der Waals surface area contributed by atoms with Crippen LogP contribution in [0.2, 0.25) is 0 Å². The molecule has 0 radical (unpaired) electrons. The summed E-state index contributed by atoms with van der Waals surface area (Å²) in [5, 5.41) is 106. The number of aromatic hydroxyl groups is 2. The Balaban J connectivity index is 1.52. The molecule has 13 atom stereocenters. The summed E-state index contributed by atoms with van der Waals surface area (Å²) in [5.41, 5.74) is 1.68. The van der Waals surface area contributed by atoms with Crippen LogP contribution in [0.3, 0.4) is 0 Å². The van der Waals surface area contributed by atoms with E-state index in [1.54, 1.807) is 18.2 Å². The zero-order valence-electron chi connectivity index (χ0n) is 29.0. The Morgan fingerprint density at radius 2 is 1.23 bits per heavy atom. The molecule has 0 bridgehead atoms. The van der Waals surface area contributed by atoms with E-state index in [0.717, 1.165) is 0 Å². The maximum atomic E-state index is 11.4. The van der Waals surface area contributed by atoms with Gasteiger partial charge in [0.25, 0.3) is 0 Å². The smallest absolute Gasteiger partial charge is 0.201 e. The van der Waals surface area contributed by atoms with E-state index < -0.39 is 92.4 Å². The van der Waals surface area contributed by atoms with Gasteiger partial charge in [0.1, 0.15) is 48.8 Å². The topological polar surface area (TPSA) is 276 Å². The van der Waals surface area contributed by atoms with Crippen LogP contribution in [0.4, 0.5) is 0 Å². The number of aliphatic hydroxyl groups excluding tert-OH is 8. The van der Waals surface area contributed by atoms with Crippen molar-refractivity contribution in [2.24, 2.45) is 11.8 Å². The zero-order chi connectivity index (χ0) is 38.0. The normalized spacial score (nSPS) is 34.7. The molecule has 18 nitrogen and oxygen atoms in total. The fourth-order valence-corrected chi connectivity index (χ4v) is 7.31. The number of fused-ring (bicyclic) bond motifs is 1. The van der Waals surface area contributed by atoms with E-state index >= 15 is 0 Å². The first-order valence-electron chi connectivity index (χ1n) is 16.6. The van der Waals surface area contributed by atoms with Gasteiger partial charge in [-0.25, -0.2) is 0 Å². The second-order valence-electron chi connectivity index (χ2n) is 12.9. The van der Waals surface area contributed by atoms with Gasteiger partial charge in [0, 0.05) is 18.1 Å². The third-order valence-electron chi connectivity index (χ3n) is 10.1. The van der Waals surface area contributed by atoms with Crippen LogP contribution in [0.1, 0.15) is 22.6 Å². The number of ether oxygens (including phenoxy) is 8. The predicted octanol–water partition coefficient (Wildman–Crippen LogP) is -2.31. The van der Waals surface area contributed by atoms with Gasteiger partial charge in [-0.05, 0) is 47.6 Å². The number of hydrogen-bond acceptors (Lipinski definition) is 18. The highest BCUT2D eigenvalue weighted by atomic mass is 16.7. The van der Waals surface area contributed by atoms with Gasteiger partial charge in [-0.15, -0.1) is 0 Å². The molecule has 2 aromatic rings. The van der Waals surface area contributed by atoms with Crippen LogP contribution in [0.25, 0.3) is 0 Å². The van der Waals surface area contributed by atoms with E-state index in [1.807, 2.05) is 0 Å². The Bertz CT molecular complexity index is 1480. The van der Waals surface area contributed by atoms with Gasteiger partial charge < -0.3 is 89.0 Å². The van der Waals surface area contributed by atoms with Crippen molar-refractivity contribution in [1.29, 1.82) is 0 Å². The summed E-state index contributed by atoms with van der Waals surface area (Å²) in [6, 6.07) is 4.76. The summed E-state index contributed by atoms with van der Waals surface area (Å²) < 4.78 is 45.0. The second-order valence-corrected chi connectivity index (χ2v) is 12.9. The monoisotopic (exact) mass is 744 g/mol. The highest BCUT2D eigenvalue weighted by Gasteiger charge is 2.51. The lowest BCUT2D eigenvalue weighted by Gasteiger charge is -2.46. The van der Waals surface area contributed by atoms with Gasteiger partial charge in [-0.2, -0.15) is 0 Å². The molecule has 0 amide bonds. The number of aliphatic hydroxyl groups is 8. The molecule has 0 saturated carbocycles. The van der Waals surface area contributed by atoms with Crippen LogP contribution in [-0.4, -0.2) is 167 Å². The largest absolute Gasteiger partial charge is 0.502 e. The molecule has 0 spiro atoms. The molecule has 10 N–H and O–H groups in total. The number of rotatable bonds is 13. The van der Waals surface area contributed by atoms with E-state index in [0.29, 0.717) is 16.7 Å². The van der Waals surface area contributed by atoms with Gasteiger partial charge >= 0.3 is 0 Å². The third kappa shape index (κ3) is 7.31. The maximum absolute atomic E-state index is 11.4. The van der Waals surface area contributed by atoms with Gasteiger partial charge in [-0.1, -0.05) is 0 Å². The first-order chi connectivity index (χ1) is 24.9. The van der Waals surface area contributed by atoms with Crippen molar-refractivity contribution in [1.82, 2.24) is 0 Å². The zero-order valence-corrected chi connectivity index (χ0v) is 29.0. The Kier molecular flexibility index (Phi) is 12.9. The highest BCUT2D eigenvalue weighted by molar-refractivity contribution is 5.64. The quantitative estimate of drug-likeness (QED) is 0.103. The van der Waals surface area contributed by atoms with Crippen LogP contribution in [0, 0.1) is 11.8 Å². The Morgan fingerprint density at radius 3 is 1.79 bits per heavy atom. The van der Waals surface area contributed by atoms with Crippen LogP contribution in [0.15, 0.2) is 18.2 Å². The highest BCUT2D eigenvalue weighted by Crippen LogP contribution is 2.54. The maximum Gasteiger partial charge on any atom is 0.201 e. The van der Waals surface area contributed by atoms with Crippen LogP contribution < -0.4 is 18.9 Å². The summed E-state index contributed by atoms with van der Waals surface area (Å²) >= 11 is 0. The number of benzene rings is 2.